The third kappa shape index (κ3) is 3.55. The number of carbonyl (C=O) groups is 1. The summed E-state index contributed by atoms with van der Waals surface area (Å²) in [6, 6.07) is 7.57. The third-order valence-corrected chi connectivity index (χ3v) is 7.78. The lowest BCUT2D eigenvalue weighted by molar-refractivity contribution is 0.0534. The number of β-amino-alcohol motifs (C(OH)–C–C–N with tert-alkyl or cyclic N) is 1. The van der Waals surface area contributed by atoms with Gasteiger partial charge in [0.25, 0.3) is 0 Å². The van der Waals surface area contributed by atoms with Crippen LogP contribution in [-0.4, -0.2) is 64.0 Å². The number of hydrogen-bond acceptors (Lipinski definition) is 9. The second-order valence-electron chi connectivity index (χ2n) is 9.65. The number of carbonyl (C=O) groups excluding carboxylic acids is 1. The van der Waals surface area contributed by atoms with Crippen LogP contribution in [0.5, 0.6) is 0 Å². The Kier molecular flexibility index (Phi) is 4.84. The number of fused-ring (bicyclic) bond motifs is 2. The van der Waals surface area contributed by atoms with Crippen LogP contribution in [0.15, 0.2) is 28.9 Å². The summed E-state index contributed by atoms with van der Waals surface area (Å²) in [6.45, 7) is 6.79. The second kappa shape index (κ2) is 7.78. The lowest BCUT2D eigenvalue weighted by Crippen LogP contribution is -2.43. The summed E-state index contributed by atoms with van der Waals surface area (Å²) < 4.78 is 9.92. The number of nitrogens with zero attached hydrogens (tertiary/aromatic N) is 5. The smallest absolute Gasteiger partial charge is 0.338 e. The number of rotatable bonds is 4. The fourth-order valence-corrected chi connectivity index (χ4v) is 5.67. The molecule has 3 aliphatic heterocycles. The largest absolute Gasteiger partial charge is 0.457 e. The molecule has 0 aliphatic carbocycles. The lowest BCUT2D eigenvalue weighted by atomic mass is 9.77. The van der Waals surface area contributed by atoms with Crippen LogP contribution in [-0.2, 0) is 11.3 Å². The Balaban J connectivity index is 1.08. The van der Waals surface area contributed by atoms with E-state index in [1.807, 2.05) is 25.1 Å². The van der Waals surface area contributed by atoms with Crippen molar-refractivity contribution in [1.29, 1.82) is 0 Å². The maximum Gasteiger partial charge on any atom is 0.338 e. The van der Waals surface area contributed by atoms with E-state index in [4.69, 9.17) is 9.37 Å². The number of aromatic nitrogens is 3. The molecule has 3 aliphatic rings. The van der Waals surface area contributed by atoms with Crippen LogP contribution >= 0.6 is 0 Å². The zero-order valence-corrected chi connectivity index (χ0v) is 18.7. The first kappa shape index (κ1) is 20.6. The van der Waals surface area contributed by atoms with Gasteiger partial charge in [-0.25, -0.2) is 14.4 Å². The molecule has 1 aromatic carbocycles. The topological polar surface area (TPSA) is 105 Å². The number of ether oxygens (including phenoxy) is 1. The van der Waals surface area contributed by atoms with Gasteiger partial charge in [-0.1, -0.05) is 6.07 Å². The molecule has 1 spiro atoms. The molecule has 172 valence electrons. The first-order valence-electron chi connectivity index (χ1n) is 11.6. The van der Waals surface area contributed by atoms with E-state index in [9.17, 15) is 9.90 Å². The maximum atomic E-state index is 11.8. The summed E-state index contributed by atoms with van der Waals surface area (Å²) in [7, 11) is 0. The SMILES string of the molecule is Cc1c(C(O)CN2CCC3(CC2)CCN(c2ccc4nonc4n2)C3)ccc2c1COC2=O. The van der Waals surface area contributed by atoms with Crippen molar-refractivity contribution in [3.63, 3.8) is 0 Å². The molecular weight excluding hydrogens is 422 g/mol. The molecule has 5 heterocycles. The van der Waals surface area contributed by atoms with Crippen molar-refractivity contribution in [1.82, 2.24) is 20.2 Å². The van der Waals surface area contributed by atoms with Crippen LogP contribution in [0.3, 0.4) is 0 Å². The zero-order valence-electron chi connectivity index (χ0n) is 18.7. The Labute approximate surface area is 191 Å². The van der Waals surface area contributed by atoms with Crippen LogP contribution in [0, 0.1) is 12.3 Å². The summed E-state index contributed by atoms with van der Waals surface area (Å²) >= 11 is 0. The first-order chi connectivity index (χ1) is 16.0. The van der Waals surface area contributed by atoms with Gasteiger partial charge in [0.15, 0.2) is 5.52 Å². The highest BCUT2D eigenvalue weighted by Gasteiger charge is 2.41. The van der Waals surface area contributed by atoms with E-state index >= 15 is 0 Å². The number of benzene rings is 1. The molecule has 2 fully saturated rings. The van der Waals surface area contributed by atoms with Crippen molar-refractivity contribution in [3.8, 4) is 0 Å². The maximum absolute atomic E-state index is 11.8. The molecule has 2 aromatic heterocycles. The van der Waals surface area contributed by atoms with Gasteiger partial charge < -0.3 is 19.6 Å². The van der Waals surface area contributed by atoms with Crippen LogP contribution in [0.2, 0.25) is 0 Å². The minimum atomic E-state index is -0.577. The van der Waals surface area contributed by atoms with Crippen molar-refractivity contribution in [3.05, 3.63) is 46.5 Å². The van der Waals surface area contributed by atoms with Crippen LogP contribution in [0.25, 0.3) is 11.2 Å². The van der Waals surface area contributed by atoms with Gasteiger partial charge in [0.2, 0.25) is 5.65 Å². The number of aliphatic hydroxyl groups excluding tert-OH is 1. The van der Waals surface area contributed by atoms with Gasteiger partial charge in [0.05, 0.1) is 11.7 Å². The number of cyclic esters (lactones) is 1. The number of esters is 1. The molecule has 33 heavy (non-hydrogen) atoms. The van der Waals surface area contributed by atoms with E-state index in [1.54, 1.807) is 6.07 Å². The Morgan fingerprint density at radius 2 is 1.94 bits per heavy atom. The summed E-state index contributed by atoms with van der Waals surface area (Å²) in [5.41, 5.74) is 4.92. The second-order valence-corrected chi connectivity index (χ2v) is 9.65. The zero-order chi connectivity index (χ0) is 22.6. The minimum Gasteiger partial charge on any atom is -0.457 e. The molecule has 9 nitrogen and oxygen atoms in total. The third-order valence-electron chi connectivity index (χ3n) is 7.78. The van der Waals surface area contributed by atoms with E-state index in [2.05, 4.69) is 25.1 Å². The van der Waals surface area contributed by atoms with Gasteiger partial charge in [-0.3, -0.25) is 0 Å². The van der Waals surface area contributed by atoms with E-state index in [0.717, 1.165) is 67.9 Å². The van der Waals surface area contributed by atoms with Gasteiger partial charge >= 0.3 is 5.97 Å². The number of anilines is 1. The van der Waals surface area contributed by atoms with Crippen LogP contribution in [0.1, 0.15) is 52.4 Å². The molecule has 0 bridgehead atoms. The predicted octanol–water partition coefficient (Wildman–Crippen LogP) is 2.62. The molecule has 3 aromatic rings. The van der Waals surface area contributed by atoms with E-state index in [-0.39, 0.29) is 5.97 Å². The average Bonchev–Trinajstić information content (AvgIpc) is 3.55. The molecule has 0 saturated carbocycles. The number of hydrogen-bond donors (Lipinski definition) is 1. The summed E-state index contributed by atoms with van der Waals surface area (Å²) in [4.78, 5) is 21.1. The van der Waals surface area contributed by atoms with Gasteiger partial charge in [-0.05, 0) is 84.3 Å². The highest BCUT2D eigenvalue weighted by molar-refractivity contribution is 5.94. The fourth-order valence-electron chi connectivity index (χ4n) is 5.67. The van der Waals surface area contributed by atoms with E-state index in [1.165, 1.54) is 0 Å². The number of pyridine rings is 1. The first-order valence-corrected chi connectivity index (χ1v) is 11.6. The predicted molar refractivity (Wildman–Crippen MR) is 120 cm³/mol. The molecule has 1 N–H and O–H groups in total. The summed E-state index contributed by atoms with van der Waals surface area (Å²) in [5.74, 6) is 0.663. The highest BCUT2D eigenvalue weighted by Crippen LogP contribution is 2.42. The van der Waals surface area contributed by atoms with Crippen LogP contribution in [0.4, 0.5) is 5.82 Å². The van der Waals surface area contributed by atoms with E-state index < -0.39 is 6.10 Å². The van der Waals surface area contributed by atoms with E-state index in [0.29, 0.717) is 35.3 Å². The number of aliphatic hydroxyl groups is 1. The Bertz CT molecular complexity index is 1220. The van der Waals surface area contributed by atoms with Crippen molar-refractivity contribution in [2.45, 2.75) is 38.9 Å². The number of piperidine rings is 1. The molecular formula is C24H27N5O4. The van der Waals surface area contributed by atoms with Crippen molar-refractivity contribution < 1.29 is 19.3 Å². The average molecular weight is 450 g/mol. The van der Waals surface area contributed by atoms with Gasteiger partial charge in [-0.2, -0.15) is 0 Å². The molecule has 0 radical (unpaired) electrons. The minimum absolute atomic E-state index is 0.270. The highest BCUT2D eigenvalue weighted by atomic mass is 16.6. The van der Waals surface area contributed by atoms with Crippen LogP contribution < -0.4 is 4.90 Å². The van der Waals surface area contributed by atoms with Gasteiger partial charge in [-0.15, -0.1) is 0 Å². The fraction of sp³-hybridized carbons (Fsp3) is 0.500. The van der Waals surface area contributed by atoms with Gasteiger partial charge in [0.1, 0.15) is 12.4 Å². The van der Waals surface area contributed by atoms with Crippen molar-refractivity contribution >= 4 is 23.0 Å². The molecule has 9 heteroatoms. The Morgan fingerprint density at radius 1 is 1.12 bits per heavy atom. The normalized spacial score (nSPS) is 21.0. The Hall–Kier alpha value is -3.04. The van der Waals surface area contributed by atoms with Crippen molar-refractivity contribution in [2.24, 2.45) is 5.41 Å². The Morgan fingerprint density at radius 3 is 2.79 bits per heavy atom. The lowest BCUT2D eigenvalue weighted by Gasteiger charge is -2.40. The molecule has 0 amide bonds. The number of likely N-dealkylation sites (tertiary alicyclic amines) is 1. The molecule has 2 saturated heterocycles. The monoisotopic (exact) mass is 449 g/mol. The quantitative estimate of drug-likeness (QED) is 0.602. The summed E-state index contributed by atoms with van der Waals surface area (Å²) in [6.07, 6.45) is 2.79. The summed E-state index contributed by atoms with van der Waals surface area (Å²) in [5, 5.41) is 18.7. The molecule has 1 atom stereocenters. The van der Waals surface area contributed by atoms with Crippen molar-refractivity contribution in [2.75, 3.05) is 37.6 Å². The van der Waals surface area contributed by atoms with Gasteiger partial charge in [0, 0.05) is 25.2 Å². The standard InChI is InChI=1S/C24H27N5O4/c1-15-16(2-3-17-18(15)13-32-23(17)31)20(30)12-28-9-6-24(7-10-28)8-11-29(14-24)21-5-4-19-22(25-21)27-33-26-19/h2-5,20,30H,6-14H2,1H3. The molecule has 6 rings (SSSR count). The molecule has 1 unspecified atom stereocenters.